The van der Waals surface area contributed by atoms with Crippen LogP contribution in [-0.2, 0) is 0 Å². The third-order valence-corrected chi connectivity index (χ3v) is 5.40. The lowest BCUT2D eigenvalue weighted by molar-refractivity contribution is -0.194. The Labute approximate surface area is 138 Å². The van der Waals surface area contributed by atoms with E-state index in [1.807, 2.05) is 0 Å². The quantitative estimate of drug-likeness (QED) is 0.755. The second-order valence-corrected chi connectivity index (χ2v) is 7.33. The van der Waals surface area contributed by atoms with E-state index in [0.29, 0.717) is 12.8 Å². The highest BCUT2D eigenvalue weighted by atomic mass is 35.5. The molecule has 0 radical (unpaired) electrons. The SMILES string of the molecule is CN(C)CCCN1CCC2(CCCC(C(F)(F)F)C2)CC1.Cl. The normalized spacial score (nSPS) is 26.2. The molecule has 22 heavy (non-hydrogen) atoms. The van der Waals surface area contributed by atoms with Gasteiger partial charge in [-0.15, -0.1) is 12.4 Å². The molecule has 2 aliphatic rings. The van der Waals surface area contributed by atoms with Crippen molar-refractivity contribution >= 4 is 12.4 Å². The van der Waals surface area contributed by atoms with Crippen LogP contribution in [0.2, 0.25) is 0 Å². The number of hydrogen-bond donors (Lipinski definition) is 0. The smallest absolute Gasteiger partial charge is 0.309 e. The van der Waals surface area contributed by atoms with E-state index in [-0.39, 0.29) is 17.8 Å². The van der Waals surface area contributed by atoms with Crippen molar-refractivity contribution in [1.29, 1.82) is 0 Å². The monoisotopic (exact) mass is 342 g/mol. The molecule has 1 atom stereocenters. The first kappa shape index (κ1) is 20.0. The fourth-order valence-corrected chi connectivity index (χ4v) is 4.05. The highest BCUT2D eigenvalue weighted by molar-refractivity contribution is 5.85. The van der Waals surface area contributed by atoms with Gasteiger partial charge in [-0.25, -0.2) is 0 Å². The maximum absolute atomic E-state index is 13.0. The zero-order chi connectivity index (χ0) is 15.5. The second kappa shape index (κ2) is 8.20. The molecular formula is C16H30ClF3N2. The van der Waals surface area contributed by atoms with E-state index in [2.05, 4.69) is 23.9 Å². The molecule has 0 aromatic heterocycles. The maximum atomic E-state index is 13.0. The molecule has 1 saturated heterocycles. The minimum absolute atomic E-state index is 0. The number of piperidine rings is 1. The van der Waals surface area contributed by atoms with E-state index < -0.39 is 12.1 Å². The topological polar surface area (TPSA) is 6.48 Å². The molecule has 132 valence electrons. The molecule has 0 bridgehead atoms. The van der Waals surface area contributed by atoms with E-state index in [1.165, 1.54) is 0 Å². The Balaban J connectivity index is 0.00000242. The first-order chi connectivity index (χ1) is 9.81. The molecule has 0 N–H and O–H groups in total. The average molecular weight is 343 g/mol. The second-order valence-electron chi connectivity index (χ2n) is 7.33. The lowest BCUT2D eigenvalue weighted by Crippen LogP contribution is -2.44. The Morgan fingerprint density at radius 3 is 2.32 bits per heavy atom. The average Bonchev–Trinajstić information content (AvgIpc) is 2.40. The van der Waals surface area contributed by atoms with E-state index in [0.717, 1.165) is 58.3 Å². The van der Waals surface area contributed by atoms with Gasteiger partial charge in [-0.2, -0.15) is 13.2 Å². The van der Waals surface area contributed by atoms with E-state index in [4.69, 9.17) is 0 Å². The molecule has 0 aromatic carbocycles. The molecule has 6 heteroatoms. The zero-order valence-corrected chi connectivity index (χ0v) is 14.6. The Bertz CT molecular complexity index is 326. The van der Waals surface area contributed by atoms with Crippen LogP contribution >= 0.6 is 12.4 Å². The summed E-state index contributed by atoms with van der Waals surface area (Å²) in [5, 5.41) is 0. The molecule has 1 aliphatic heterocycles. The van der Waals surface area contributed by atoms with Crippen molar-refractivity contribution in [3.63, 3.8) is 0 Å². The van der Waals surface area contributed by atoms with Gasteiger partial charge in [-0.1, -0.05) is 6.42 Å². The molecular weight excluding hydrogens is 313 g/mol. The molecule has 2 fully saturated rings. The van der Waals surface area contributed by atoms with Crippen molar-refractivity contribution in [1.82, 2.24) is 9.80 Å². The van der Waals surface area contributed by atoms with Crippen LogP contribution in [0.5, 0.6) is 0 Å². The maximum Gasteiger partial charge on any atom is 0.391 e. The molecule has 1 spiro atoms. The van der Waals surface area contributed by atoms with Crippen LogP contribution in [0.15, 0.2) is 0 Å². The lowest BCUT2D eigenvalue weighted by Gasteiger charge is -2.47. The van der Waals surface area contributed by atoms with E-state index in [1.54, 1.807) is 0 Å². The van der Waals surface area contributed by atoms with Crippen molar-refractivity contribution in [2.24, 2.45) is 11.3 Å². The van der Waals surface area contributed by atoms with Crippen molar-refractivity contribution in [2.45, 2.75) is 51.1 Å². The molecule has 0 aromatic rings. The highest BCUT2D eigenvalue weighted by Crippen LogP contribution is 2.50. The first-order valence-electron chi connectivity index (χ1n) is 8.25. The third kappa shape index (κ3) is 5.57. The molecule has 1 unspecified atom stereocenters. The summed E-state index contributed by atoms with van der Waals surface area (Å²) >= 11 is 0. The first-order valence-corrected chi connectivity index (χ1v) is 8.25. The molecule has 1 aliphatic carbocycles. The van der Waals surface area contributed by atoms with Gasteiger partial charge in [-0.3, -0.25) is 0 Å². The fourth-order valence-electron chi connectivity index (χ4n) is 4.05. The molecule has 1 heterocycles. The third-order valence-electron chi connectivity index (χ3n) is 5.40. The Morgan fingerprint density at radius 2 is 1.77 bits per heavy atom. The predicted octanol–water partition coefficient (Wildman–Crippen LogP) is 4.19. The number of rotatable bonds is 4. The Hall–Kier alpha value is -0.0000000000000000555. The summed E-state index contributed by atoms with van der Waals surface area (Å²) in [7, 11) is 4.15. The number of likely N-dealkylation sites (tertiary alicyclic amines) is 1. The largest absolute Gasteiger partial charge is 0.391 e. The number of nitrogens with zero attached hydrogens (tertiary/aromatic N) is 2. The summed E-state index contributed by atoms with van der Waals surface area (Å²) in [5.74, 6) is -1.05. The van der Waals surface area contributed by atoms with Crippen molar-refractivity contribution < 1.29 is 13.2 Å². The van der Waals surface area contributed by atoms with E-state index >= 15 is 0 Å². The summed E-state index contributed by atoms with van der Waals surface area (Å²) < 4.78 is 38.9. The fraction of sp³-hybridized carbons (Fsp3) is 1.00. The minimum atomic E-state index is -3.99. The van der Waals surface area contributed by atoms with E-state index in [9.17, 15) is 13.2 Å². The number of alkyl halides is 3. The van der Waals surface area contributed by atoms with Gasteiger partial charge in [0.1, 0.15) is 0 Å². The number of halogens is 4. The van der Waals surface area contributed by atoms with Crippen molar-refractivity contribution in [2.75, 3.05) is 40.3 Å². The summed E-state index contributed by atoms with van der Waals surface area (Å²) in [6.45, 7) is 4.13. The molecule has 2 nitrogen and oxygen atoms in total. The van der Waals surface area contributed by atoms with Crippen LogP contribution in [0.25, 0.3) is 0 Å². The van der Waals surface area contributed by atoms with Crippen LogP contribution in [0, 0.1) is 11.3 Å². The van der Waals surface area contributed by atoms with Crippen LogP contribution < -0.4 is 0 Å². The van der Waals surface area contributed by atoms with Gasteiger partial charge in [0.05, 0.1) is 5.92 Å². The molecule has 1 saturated carbocycles. The minimum Gasteiger partial charge on any atom is -0.309 e. The lowest BCUT2D eigenvalue weighted by atomic mass is 9.64. The number of hydrogen-bond acceptors (Lipinski definition) is 2. The Morgan fingerprint density at radius 1 is 1.14 bits per heavy atom. The highest BCUT2D eigenvalue weighted by Gasteiger charge is 2.48. The van der Waals surface area contributed by atoms with Gasteiger partial charge in [-0.05, 0) is 84.2 Å². The van der Waals surface area contributed by atoms with Gasteiger partial charge < -0.3 is 9.80 Å². The van der Waals surface area contributed by atoms with Crippen LogP contribution in [0.4, 0.5) is 13.2 Å². The van der Waals surface area contributed by atoms with Crippen LogP contribution in [0.3, 0.4) is 0 Å². The van der Waals surface area contributed by atoms with Gasteiger partial charge >= 0.3 is 6.18 Å². The standard InChI is InChI=1S/C16H29F3N2.ClH/c1-20(2)9-4-10-21-11-7-15(8-12-21)6-3-5-14(13-15)16(17,18)19;/h14H,3-13H2,1-2H3;1H. The summed E-state index contributed by atoms with van der Waals surface area (Å²) in [6.07, 6.45) is 1.56. The van der Waals surface area contributed by atoms with Crippen LogP contribution in [0.1, 0.15) is 44.9 Å². The Kier molecular flexibility index (Phi) is 7.47. The summed E-state index contributed by atoms with van der Waals surface area (Å²) in [5.41, 5.74) is -0.0174. The molecule has 0 amide bonds. The van der Waals surface area contributed by atoms with Gasteiger partial charge in [0.2, 0.25) is 0 Å². The van der Waals surface area contributed by atoms with Crippen molar-refractivity contribution in [3.8, 4) is 0 Å². The van der Waals surface area contributed by atoms with Crippen molar-refractivity contribution in [3.05, 3.63) is 0 Å². The van der Waals surface area contributed by atoms with Gasteiger partial charge in [0.15, 0.2) is 0 Å². The zero-order valence-electron chi connectivity index (χ0n) is 13.8. The summed E-state index contributed by atoms with van der Waals surface area (Å²) in [4.78, 5) is 4.62. The summed E-state index contributed by atoms with van der Waals surface area (Å²) in [6, 6.07) is 0. The van der Waals surface area contributed by atoms with Gasteiger partial charge in [0, 0.05) is 0 Å². The molecule has 2 rings (SSSR count). The van der Waals surface area contributed by atoms with Crippen LogP contribution in [-0.4, -0.2) is 56.3 Å². The predicted molar refractivity (Wildman–Crippen MR) is 86.5 cm³/mol. The van der Waals surface area contributed by atoms with Gasteiger partial charge in [0.25, 0.3) is 0 Å².